The third-order valence-corrected chi connectivity index (χ3v) is 3.80. The van der Waals surface area contributed by atoms with Crippen LogP contribution in [0.4, 0.5) is 0 Å². The third kappa shape index (κ3) is 3.63. The molecule has 0 radical (unpaired) electrons. The average Bonchev–Trinajstić information content (AvgIpc) is 2.73. The zero-order valence-corrected chi connectivity index (χ0v) is 11.1. The van der Waals surface area contributed by atoms with Crippen molar-refractivity contribution < 1.29 is 9.53 Å². The number of nitrogens with one attached hydrogen (secondary N) is 1. The van der Waals surface area contributed by atoms with Gasteiger partial charge in [0.15, 0.2) is 0 Å². The van der Waals surface area contributed by atoms with Gasteiger partial charge in [0.1, 0.15) is 0 Å². The van der Waals surface area contributed by atoms with Crippen molar-refractivity contribution >= 4 is 17.5 Å². The maximum atomic E-state index is 11.9. The Balaban J connectivity index is 2.34. The monoisotopic (exact) mass is 247 g/mol. The summed E-state index contributed by atoms with van der Waals surface area (Å²) in [7, 11) is 0. The number of carbonyl (C=O) groups is 1. The Morgan fingerprint density at radius 2 is 2.25 bits per heavy atom. The highest BCUT2D eigenvalue weighted by Gasteiger charge is 2.32. The van der Waals surface area contributed by atoms with Crippen molar-refractivity contribution in [2.45, 2.75) is 45.1 Å². The van der Waals surface area contributed by atoms with Gasteiger partial charge in [0.05, 0.1) is 17.4 Å². The van der Waals surface area contributed by atoms with Crippen molar-refractivity contribution in [2.75, 3.05) is 13.2 Å². The molecule has 1 amide bonds. The molecule has 1 heterocycles. The van der Waals surface area contributed by atoms with E-state index in [1.807, 2.05) is 0 Å². The van der Waals surface area contributed by atoms with E-state index in [1.54, 1.807) is 0 Å². The van der Waals surface area contributed by atoms with Crippen LogP contribution in [0.25, 0.3) is 0 Å². The van der Waals surface area contributed by atoms with Gasteiger partial charge in [0, 0.05) is 13.2 Å². The van der Waals surface area contributed by atoms with Crippen LogP contribution in [0, 0.1) is 11.8 Å². The van der Waals surface area contributed by atoms with Gasteiger partial charge in [0.25, 0.3) is 0 Å². The number of alkyl halides is 1. The lowest BCUT2D eigenvalue weighted by Crippen LogP contribution is -2.39. The van der Waals surface area contributed by atoms with Crippen molar-refractivity contribution in [3.8, 4) is 0 Å². The molecule has 16 heavy (non-hydrogen) atoms. The van der Waals surface area contributed by atoms with E-state index in [-0.39, 0.29) is 23.3 Å². The lowest BCUT2D eigenvalue weighted by atomic mass is 9.98. The first kappa shape index (κ1) is 13.8. The maximum Gasteiger partial charge on any atom is 0.225 e. The van der Waals surface area contributed by atoms with Crippen LogP contribution in [0.2, 0.25) is 0 Å². The SMILES string of the molecule is CCC1OCCC1C(=O)NCC(Cl)C(C)C. The van der Waals surface area contributed by atoms with Crippen LogP contribution in [0.1, 0.15) is 33.6 Å². The minimum Gasteiger partial charge on any atom is -0.377 e. The van der Waals surface area contributed by atoms with Crippen LogP contribution in [-0.2, 0) is 9.53 Å². The van der Waals surface area contributed by atoms with E-state index in [1.165, 1.54) is 0 Å². The molecular weight excluding hydrogens is 226 g/mol. The average molecular weight is 248 g/mol. The standard InChI is InChI=1S/C12H22ClNO2/c1-4-11-9(5-6-16-11)12(15)14-7-10(13)8(2)3/h8-11H,4-7H2,1-3H3,(H,14,15). The lowest BCUT2D eigenvalue weighted by Gasteiger charge is -2.19. The minimum atomic E-state index is 0.00588. The van der Waals surface area contributed by atoms with Gasteiger partial charge in [-0.3, -0.25) is 4.79 Å². The molecule has 0 spiro atoms. The fourth-order valence-corrected chi connectivity index (χ4v) is 1.99. The molecule has 94 valence electrons. The molecule has 3 atom stereocenters. The summed E-state index contributed by atoms with van der Waals surface area (Å²) < 4.78 is 5.50. The normalized spacial score (nSPS) is 27.1. The van der Waals surface area contributed by atoms with Gasteiger partial charge in [-0.1, -0.05) is 20.8 Å². The number of carbonyl (C=O) groups excluding carboxylic acids is 1. The quantitative estimate of drug-likeness (QED) is 0.757. The summed E-state index contributed by atoms with van der Waals surface area (Å²) in [6.07, 6.45) is 1.82. The van der Waals surface area contributed by atoms with E-state index in [0.717, 1.165) is 12.8 Å². The first-order valence-electron chi connectivity index (χ1n) is 6.09. The molecule has 1 rings (SSSR count). The highest BCUT2D eigenvalue weighted by Crippen LogP contribution is 2.23. The van der Waals surface area contributed by atoms with Gasteiger partial charge >= 0.3 is 0 Å². The number of halogens is 1. The van der Waals surface area contributed by atoms with Crippen LogP contribution in [0.5, 0.6) is 0 Å². The van der Waals surface area contributed by atoms with Crippen molar-refractivity contribution in [3.05, 3.63) is 0 Å². The molecule has 0 saturated carbocycles. The Bertz CT molecular complexity index is 233. The molecule has 0 aliphatic carbocycles. The summed E-state index contributed by atoms with van der Waals surface area (Å²) >= 11 is 6.09. The van der Waals surface area contributed by atoms with E-state index in [9.17, 15) is 4.79 Å². The van der Waals surface area contributed by atoms with Crippen molar-refractivity contribution in [2.24, 2.45) is 11.8 Å². The van der Waals surface area contributed by atoms with Gasteiger partial charge < -0.3 is 10.1 Å². The van der Waals surface area contributed by atoms with Gasteiger partial charge in [-0.2, -0.15) is 0 Å². The molecule has 0 aromatic carbocycles. The summed E-state index contributed by atoms with van der Waals surface area (Å²) in [4.78, 5) is 11.9. The molecule has 1 aliphatic heterocycles. The van der Waals surface area contributed by atoms with E-state index < -0.39 is 0 Å². The largest absolute Gasteiger partial charge is 0.377 e. The molecule has 3 unspecified atom stereocenters. The zero-order valence-electron chi connectivity index (χ0n) is 10.3. The fraction of sp³-hybridized carbons (Fsp3) is 0.917. The first-order chi connectivity index (χ1) is 7.56. The van der Waals surface area contributed by atoms with Gasteiger partial charge in [-0.15, -0.1) is 11.6 Å². The summed E-state index contributed by atoms with van der Waals surface area (Å²) in [5.74, 6) is 0.487. The first-order valence-corrected chi connectivity index (χ1v) is 6.53. The highest BCUT2D eigenvalue weighted by molar-refractivity contribution is 6.21. The second kappa shape index (κ2) is 6.45. The topological polar surface area (TPSA) is 38.3 Å². The van der Waals surface area contributed by atoms with Crippen LogP contribution in [0.15, 0.2) is 0 Å². The summed E-state index contributed by atoms with van der Waals surface area (Å²) in [6, 6.07) is 0. The summed E-state index contributed by atoms with van der Waals surface area (Å²) in [5.41, 5.74) is 0. The van der Waals surface area contributed by atoms with E-state index in [4.69, 9.17) is 16.3 Å². The van der Waals surface area contributed by atoms with Crippen LogP contribution < -0.4 is 5.32 Å². The van der Waals surface area contributed by atoms with Gasteiger partial charge in [0.2, 0.25) is 5.91 Å². The Kier molecular flexibility index (Phi) is 5.56. The molecular formula is C12H22ClNO2. The van der Waals surface area contributed by atoms with Crippen molar-refractivity contribution in [1.82, 2.24) is 5.32 Å². The number of ether oxygens (including phenoxy) is 1. The van der Waals surface area contributed by atoms with E-state index >= 15 is 0 Å². The molecule has 1 fully saturated rings. The summed E-state index contributed by atoms with van der Waals surface area (Å²) in [6.45, 7) is 7.40. The van der Waals surface area contributed by atoms with Gasteiger partial charge in [-0.25, -0.2) is 0 Å². The number of amides is 1. The minimum absolute atomic E-state index is 0.00588. The molecule has 1 saturated heterocycles. The Morgan fingerprint density at radius 3 is 2.81 bits per heavy atom. The number of hydrogen-bond donors (Lipinski definition) is 1. The van der Waals surface area contributed by atoms with Crippen LogP contribution >= 0.6 is 11.6 Å². The van der Waals surface area contributed by atoms with Crippen molar-refractivity contribution in [3.63, 3.8) is 0 Å². The smallest absolute Gasteiger partial charge is 0.225 e. The second-order valence-corrected chi connectivity index (χ2v) is 5.28. The van der Waals surface area contributed by atoms with Crippen LogP contribution in [-0.4, -0.2) is 30.5 Å². The molecule has 1 N–H and O–H groups in total. The zero-order chi connectivity index (χ0) is 12.1. The lowest BCUT2D eigenvalue weighted by molar-refractivity contribution is -0.126. The van der Waals surface area contributed by atoms with Gasteiger partial charge in [-0.05, 0) is 18.8 Å². The third-order valence-electron chi connectivity index (χ3n) is 3.14. The van der Waals surface area contributed by atoms with E-state index in [0.29, 0.717) is 19.1 Å². The molecule has 0 aromatic heterocycles. The molecule has 3 nitrogen and oxygen atoms in total. The molecule has 4 heteroatoms. The van der Waals surface area contributed by atoms with E-state index in [2.05, 4.69) is 26.1 Å². The second-order valence-electron chi connectivity index (χ2n) is 4.72. The van der Waals surface area contributed by atoms with Crippen molar-refractivity contribution in [1.29, 1.82) is 0 Å². The number of hydrogen-bond acceptors (Lipinski definition) is 2. The molecule has 1 aliphatic rings. The molecule has 0 aromatic rings. The maximum absolute atomic E-state index is 11.9. The Labute approximate surface area is 103 Å². The highest BCUT2D eigenvalue weighted by atomic mass is 35.5. The Hall–Kier alpha value is -0.280. The summed E-state index contributed by atoms with van der Waals surface area (Å²) in [5, 5.41) is 2.92. The fourth-order valence-electron chi connectivity index (χ4n) is 1.92. The Morgan fingerprint density at radius 1 is 1.56 bits per heavy atom. The predicted molar refractivity (Wildman–Crippen MR) is 65.6 cm³/mol. The number of rotatable bonds is 5. The molecule has 0 bridgehead atoms. The van der Waals surface area contributed by atoms with Crippen LogP contribution in [0.3, 0.4) is 0 Å². The predicted octanol–water partition coefficient (Wildman–Crippen LogP) is 2.18.